The Balaban J connectivity index is 2.34. The third kappa shape index (κ3) is 4.47. The van der Waals surface area contributed by atoms with Crippen LogP contribution < -0.4 is 0 Å². The van der Waals surface area contributed by atoms with E-state index >= 15 is 0 Å². The van der Waals surface area contributed by atoms with Crippen molar-refractivity contribution in [2.75, 3.05) is 6.54 Å². The van der Waals surface area contributed by atoms with Gasteiger partial charge in [-0.05, 0) is 42.8 Å². The predicted molar refractivity (Wildman–Crippen MR) is 87.6 cm³/mol. The lowest BCUT2D eigenvalue weighted by Crippen LogP contribution is -2.38. The van der Waals surface area contributed by atoms with Gasteiger partial charge in [-0.2, -0.15) is 0 Å². The summed E-state index contributed by atoms with van der Waals surface area (Å²) in [5.41, 5.74) is -0.423. The molecule has 0 atom stereocenters. The van der Waals surface area contributed by atoms with Gasteiger partial charge in [-0.25, -0.2) is 17.6 Å². The number of nitrogens with zero attached hydrogens (tertiary/aromatic N) is 1. The van der Waals surface area contributed by atoms with Gasteiger partial charge in [0.15, 0.2) is 23.3 Å². The second-order valence-corrected chi connectivity index (χ2v) is 5.73. The van der Waals surface area contributed by atoms with Crippen LogP contribution in [0.2, 0.25) is 0 Å². The maximum Gasteiger partial charge on any atom is 0.260 e. The Kier molecular flexibility index (Phi) is 6.49. The van der Waals surface area contributed by atoms with Crippen LogP contribution in [0.15, 0.2) is 36.4 Å². The zero-order valence-electron chi connectivity index (χ0n) is 14.1. The number of hydrogen-bond acceptors (Lipinski definition) is 2. The van der Waals surface area contributed by atoms with Crippen molar-refractivity contribution in [3.05, 3.63) is 70.8 Å². The van der Waals surface area contributed by atoms with E-state index in [1.54, 1.807) is 0 Å². The number of carbonyl (C=O) groups is 2. The summed E-state index contributed by atoms with van der Waals surface area (Å²) in [5.74, 6) is -6.35. The van der Waals surface area contributed by atoms with Crippen LogP contribution in [0.1, 0.15) is 46.9 Å². The van der Waals surface area contributed by atoms with Gasteiger partial charge < -0.3 is 0 Å². The summed E-state index contributed by atoms with van der Waals surface area (Å²) in [6, 6.07) is 5.09. The molecule has 0 radical (unpaired) electrons. The molecule has 0 N–H and O–H groups in total. The Morgan fingerprint density at radius 2 is 1.23 bits per heavy atom. The van der Waals surface area contributed by atoms with Gasteiger partial charge in [0.05, 0.1) is 0 Å². The average Bonchev–Trinajstić information content (AvgIpc) is 2.62. The van der Waals surface area contributed by atoms with Gasteiger partial charge in [-0.3, -0.25) is 14.5 Å². The minimum atomic E-state index is -1.22. The molecule has 0 aliphatic rings. The van der Waals surface area contributed by atoms with Crippen LogP contribution >= 0.6 is 0 Å². The molecule has 26 heavy (non-hydrogen) atoms. The Morgan fingerprint density at radius 1 is 0.769 bits per heavy atom. The fourth-order valence-corrected chi connectivity index (χ4v) is 2.39. The quantitative estimate of drug-likeness (QED) is 0.421. The SMILES string of the molecule is CCCCCN(C(=O)c1ccc(F)c(F)c1)C(=O)c1ccc(F)c(F)c1. The summed E-state index contributed by atoms with van der Waals surface area (Å²) in [6.45, 7) is 1.95. The highest BCUT2D eigenvalue weighted by molar-refractivity contribution is 6.10. The summed E-state index contributed by atoms with van der Waals surface area (Å²) in [5, 5.41) is 0. The van der Waals surface area contributed by atoms with E-state index in [2.05, 4.69) is 0 Å². The van der Waals surface area contributed by atoms with Gasteiger partial charge in [0.25, 0.3) is 11.8 Å². The lowest BCUT2D eigenvalue weighted by atomic mass is 10.1. The summed E-state index contributed by atoms with van der Waals surface area (Å²) in [4.78, 5) is 26.1. The number of unbranched alkanes of at least 4 members (excludes halogenated alkanes) is 2. The third-order valence-corrected chi connectivity index (χ3v) is 3.81. The number of rotatable bonds is 6. The van der Waals surface area contributed by atoms with E-state index in [-0.39, 0.29) is 17.7 Å². The van der Waals surface area contributed by atoms with E-state index in [1.165, 1.54) is 0 Å². The van der Waals surface area contributed by atoms with Crippen LogP contribution in [0.5, 0.6) is 0 Å². The van der Waals surface area contributed by atoms with Crippen molar-refractivity contribution in [3.63, 3.8) is 0 Å². The number of carbonyl (C=O) groups excluding carboxylic acids is 2. The Morgan fingerprint density at radius 3 is 1.62 bits per heavy atom. The highest BCUT2D eigenvalue weighted by Crippen LogP contribution is 2.16. The first-order chi connectivity index (χ1) is 12.3. The molecule has 3 nitrogen and oxygen atoms in total. The molecule has 0 spiro atoms. The maximum atomic E-state index is 13.4. The molecular weight excluding hydrogens is 350 g/mol. The van der Waals surface area contributed by atoms with Crippen LogP contribution in [0.3, 0.4) is 0 Å². The zero-order chi connectivity index (χ0) is 19.3. The average molecular weight is 367 g/mol. The Hall–Kier alpha value is -2.70. The van der Waals surface area contributed by atoms with Gasteiger partial charge in [0.2, 0.25) is 0 Å². The Labute approximate surface area is 148 Å². The van der Waals surface area contributed by atoms with E-state index in [4.69, 9.17) is 0 Å². The van der Waals surface area contributed by atoms with Crippen LogP contribution in [0, 0.1) is 23.3 Å². The largest absolute Gasteiger partial charge is 0.274 e. The molecule has 0 bridgehead atoms. The van der Waals surface area contributed by atoms with Gasteiger partial charge >= 0.3 is 0 Å². The molecule has 2 aromatic carbocycles. The van der Waals surface area contributed by atoms with Crippen molar-refractivity contribution in [2.24, 2.45) is 0 Å². The fraction of sp³-hybridized carbons (Fsp3) is 0.263. The molecule has 0 fully saturated rings. The van der Waals surface area contributed by atoms with Gasteiger partial charge in [0.1, 0.15) is 0 Å². The van der Waals surface area contributed by atoms with E-state index in [0.29, 0.717) is 18.6 Å². The Bertz CT molecular complexity index is 760. The molecule has 0 saturated heterocycles. The van der Waals surface area contributed by atoms with Gasteiger partial charge in [0, 0.05) is 17.7 Å². The van der Waals surface area contributed by atoms with E-state index in [1.807, 2.05) is 6.92 Å². The number of hydrogen-bond donors (Lipinski definition) is 0. The van der Waals surface area contributed by atoms with Gasteiger partial charge in [-0.15, -0.1) is 0 Å². The smallest absolute Gasteiger partial charge is 0.260 e. The molecule has 0 aliphatic heterocycles. The van der Waals surface area contributed by atoms with Crippen molar-refractivity contribution in [1.29, 1.82) is 0 Å². The fourth-order valence-electron chi connectivity index (χ4n) is 2.39. The molecular formula is C19H17F4NO2. The molecule has 0 saturated carbocycles. The predicted octanol–water partition coefficient (Wildman–Crippen LogP) is 4.72. The molecule has 0 aliphatic carbocycles. The van der Waals surface area contributed by atoms with Gasteiger partial charge in [-0.1, -0.05) is 19.8 Å². The zero-order valence-corrected chi connectivity index (χ0v) is 14.1. The van der Waals surface area contributed by atoms with Crippen LogP contribution in [-0.4, -0.2) is 23.3 Å². The second kappa shape index (κ2) is 8.60. The first kappa shape index (κ1) is 19.6. The molecule has 0 heterocycles. The summed E-state index contributed by atoms with van der Waals surface area (Å²) in [7, 11) is 0. The molecule has 2 amide bonds. The molecule has 0 aromatic heterocycles. The van der Waals surface area contributed by atoms with E-state index in [9.17, 15) is 27.2 Å². The summed E-state index contributed by atoms with van der Waals surface area (Å²) < 4.78 is 53.0. The van der Waals surface area contributed by atoms with Crippen molar-refractivity contribution < 1.29 is 27.2 Å². The highest BCUT2D eigenvalue weighted by atomic mass is 19.2. The summed E-state index contributed by atoms with van der Waals surface area (Å²) in [6.07, 6.45) is 2.04. The van der Waals surface area contributed by atoms with E-state index < -0.39 is 35.1 Å². The number of imide groups is 1. The lowest BCUT2D eigenvalue weighted by Gasteiger charge is -2.21. The minimum absolute atomic E-state index is 0.0174. The monoisotopic (exact) mass is 367 g/mol. The van der Waals surface area contributed by atoms with Crippen LogP contribution in [-0.2, 0) is 0 Å². The van der Waals surface area contributed by atoms with Crippen molar-refractivity contribution >= 4 is 11.8 Å². The third-order valence-electron chi connectivity index (χ3n) is 3.81. The number of benzene rings is 2. The van der Waals surface area contributed by atoms with Crippen molar-refractivity contribution in [2.45, 2.75) is 26.2 Å². The standard InChI is InChI=1S/C19H17F4NO2/c1-2-3-4-9-24(18(25)12-5-7-14(20)16(22)10-12)19(26)13-6-8-15(21)17(23)11-13/h5-8,10-11H,2-4,9H2,1H3. The normalized spacial score (nSPS) is 10.7. The summed E-state index contributed by atoms with van der Waals surface area (Å²) >= 11 is 0. The van der Waals surface area contributed by atoms with E-state index in [0.717, 1.165) is 42.0 Å². The maximum absolute atomic E-state index is 13.4. The topological polar surface area (TPSA) is 37.4 Å². The molecule has 7 heteroatoms. The van der Waals surface area contributed by atoms with Crippen molar-refractivity contribution in [3.8, 4) is 0 Å². The minimum Gasteiger partial charge on any atom is -0.274 e. The second-order valence-electron chi connectivity index (χ2n) is 5.73. The first-order valence-corrected chi connectivity index (χ1v) is 8.11. The van der Waals surface area contributed by atoms with Crippen LogP contribution in [0.4, 0.5) is 17.6 Å². The first-order valence-electron chi connectivity index (χ1n) is 8.11. The lowest BCUT2D eigenvalue weighted by molar-refractivity contribution is 0.0612. The molecule has 138 valence electrons. The number of halogens is 4. The number of amides is 2. The van der Waals surface area contributed by atoms with Crippen LogP contribution in [0.25, 0.3) is 0 Å². The van der Waals surface area contributed by atoms with Crippen molar-refractivity contribution in [1.82, 2.24) is 4.90 Å². The molecule has 2 aromatic rings. The molecule has 0 unspecified atom stereocenters. The highest BCUT2D eigenvalue weighted by Gasteiger charge is 2.25. The molecule has 2 rings (SSSR count).